The minimum Gasteiger partial charge on any atom is -0.465 e. The number of carbonyl (C=O) groups excluding carboxylic acids is 1. The molecular formula is C21H17F2NO3. The number of hydrogen-bond donors (Lipinski definition) is 1. The summed E-state index contributed by atoms with van der Waals surface area (Å²) in [5.41, 5.74) is 0.673. The van der Waals surface area contributed by atoms with Crippen LogP contribution in [0.25, 0.3) is 0 Å². The monoisotopic (exact) mass is 369 g/mol. The van der Waals surface area contributed by atoms with Crippen molar-refractivity contribution < 1.29 is 18.3 Å². The van der Waals surface area contributed by atoms with Gasteiger partial charge in [0.05, 0.1) is 12.7 Å². The van der Waals surface area contributed by atoms with Crippen LogP contribution in [0.1, 0.15) is 32.6 Å². The number of H-pyrrole nitrogens is 1. The molecule has 0 bridgehead atoms. The number of aromatic nitrogens is 1. The number of ether oxygens (including phenoxy) is 1. The van der Waals surface area contributed by atoms with Crippen molar-refractivity contribution in [3.05, 3.63) is 105 Å². The maximum Gasteiger partial charge on any atom is 0.337 e. The zero-order chi connectivity index (χ0) is 19.4. The van der Waals surface area contributed by atoms with Gasteiger partial charge in [-0.1, -0.05) is 42.5 Å². The van der Waals surface area contributed by atoms with Gasteiger partial charge in [-0.2, -0.15) is 8.78 Å². The largest absolute Gasteiger partial charge is 0.465 e. The summed E-state index contributed by atoms with van der Waals surface area (Å²) in [6.45, 7) is 0. The van der Waals surface area contributed by atoms with E-state index in [1.54, 1.807) is 24.3 Å². The zero-order valence-electron chi connectivity index (χ0n) is 14.5. The standard InChI is InChI=1S/C21H17F2NO3/c1-27-20(26)16-4-2-6-18(13-16)21(22,23)17-9-7-14(8-10-17)12-15-5-3-11-24-19(15)25/h2-11,13H,12H2,1H3,(H,24,25). The van der Waals surface area contributed by atoms with E-state index in [0.29, 0.717) is 12.0 Å². The number of methoxy groups -OCH3 is 1. The van der Waals surface area contributed by atoms with Crippen molar-refractivity contribution in [3.63, 3.8) is 0 Å². The molecule has 1 aromatic heterocycles. The van der Waals surface area contributed by atoms with Gasteiger partial charge in [-0.3, -0.25) is 4.79 Å². The van der Waals surface area contributed by atoms with Crippen LogP contribution in [0.15, 0.2) is 71.7 Å². The first-order valence-corrected chi connectivity index (χ1v) is 8.24. The van der Waals surface area contributed by atoms with Crippen molar-refractivity contribution in [2.75, 3.05) is 7.11 Å². The lowest BCUT2D eigenvalue weighted by molar-refractivity contribution is 0.0425. The highest BCUT2D eigenvalue weighted by molar-refractivity contribution is 5.89. The third-order valence-electron chi connectivity index (χ3n) is 4.26. The Labute approximate surface area is 154 Å². The lowest BCUT2D eigenvalue weighted by Crippen LogP contribution is -2.16. The summed E-state index contributed by atoms with van der Waals surface area (Å²) < 4.78 is 34.3. The quantitative estimate of drug-likeness (QED) is 0.694. The average molecular weight is 369 g/mol. The molecule has 3 aromatic rings. The Hall–Kier alpha value is -3.28. The molecule has 0 aliphatic rings. The highest BCUT2D eigenvalue weighted by Gasteiger charge is 2.34. The third-order valence-corrected chi connectivity index (χ3v) is 4.26. The van der Waals surface area contributed by atoms with E-state index >= 15 is 0 Å². The van der Waals surface area contributed by atoms with Crippen molar-refractivity contribution in [2.45, 2.75) is 12.3 Å². The van der Waals surface area contributed by atoms with Crippen LogP contribution in [-0.4, -0.2) is 18.1 Å². The number of rotatable bonds is 5. The summed E-state index contributed by atoms with van der Waals surface area (Å²) in [5, 5.41) is 0. The number of nitrogens with one attached hydrogen (secondary N) is 1. The van der Waals surface area contributed by atoms with Crippen LogP contribution in [0.2, 0.25) is 0 Å². The molecule has 3 rings (SSSR count). The molecule has 0 atom stereocenters. The molecule has 0 saturated carbocycles. The second kappa shape index (κ2) is 7.53. The van der Waals surface area contributed by atoms with Gasteiger partial charge in [-0.25, -0.2) is 4.79 Å². The smallest absolute Gasteiger partial charge is 0.337 e. The van der Waals surface area contributed by atoms with Gasteiger partial charge < -0.3 is 9.72 Å². The summed E-state index contributed by atoms with van der Waals surface area (Å²) in [7, 11) is 1.20. The first kappa shape index (κ1) is 18.5. The predicted molar refractivity (Wildman–Crippen MR) is 97.1 cm³/mol. The number of carbonyl (C=O) groups is 1. The van der Waals surface area contributed by atoms with Crippen molar-refractivity contribution in [1.82, 2.24) is 4.98 Å². The Morgan fingerprint density at radius 2 is 1.78 bits per heavy atom. The van der Waals surface area contributed by atoms with Gasteiger partial charge in [-0.15, -0.1) is 0 Å². The summed E-state index contributed by atoms with van der Waals surface area (Å²) in [6.07, 6.45) is 1.89. The number of benzene rings is 2. The van der Waals surface area contributed by atoms with Crippen LogP contribution in [0.4, 0.5) is 8.78 Å². The fourth-order valence-corrected chi connectivity index (χ4v) is 2.77. The summed E-state index contributed by atoms with van der Waals surface area (Å²) in [6, 6.07) is 14.4. The molecule has 138 valence electrons. The molecule has 0 aliphatic heterocycles. The maximum absolute atomic E-state index is 14.9. The lowest BCUT2D eigenvalue weighted by atomic mass is 9.96. The Kier molecular flexibility index (Phi) is 5.16. The van der Waals surface area contributed by atoms with E-state index in [4.69, 9.17) is 0 Å². The van der Waals surface area contributed by atoms with Crippen LogP contribution in [-0.2, 0) is 17.1 Å². The van der Waals surface area contributed by atoms with E-state index in [0.717, 1.165) is 11.6 Å². The average Bonchev–Trinajstić information content (AvgIpc) is 2.69. The van der Waals surface area contributed by atoms with Crippen molar-refractivity contribution in [2.24, 2.45) is 0 Å². The van der Waals surface area contributed by atoms with E-state index in [1.807, 2.05) is 0 Å². The van der Waals surface area contributed by atoms with Gasteiger partial charge in [0.2, 0.25) is 0 Å². The number of aromatic amines is 1. The number of esters is 1. The van der Waals surface area contributed by atoms with Crippen molar-refractivity contribution in [1.29, 1.82) is 0 Å². The molecule has 0 aliphatic carbocycles. The number of halogens is 2. The summed E-state index contributed by atoms with van der Waals surface area (Å²) in [5.74, 6) is -3.94. The highest BCUT2D eigenvalue weighted by atomic mass is 19.3. The van der Waals surface area contributed by atoms with E-state index in [9.17, 15) is 18.4 Å². The summed E-state index contributed by atoms with van der Waals surface area (Å²) >= 11 is 0. The molecule has 0 saturated heterocycles. The van der Waals surface area contributed by atoms with Crippen molar-refractivity contribution >= 4 is 5.97 Å². The van der Waals surface area contributed by atoms with E-state index in [1.165, 1.54) is 43.6 Å². The molecular weight excluding hydrogens is 352 g/mol. The molecule has 0 amide bonds. The Balaban J connectivity index is 1.86. The maximum atomic E-state index is 14.9. The molecule has 1 heterocycles. The van der Waals surface area contributed by atoms with E-state index in [2.05, 4.69) is 9.72 Å². The highest BCUT2D eigenvalue weighted by Crippen LogP contribution is 2.36. The van der Waals surface area contributed by atoms with Crippen LogP contribution >= 0.6 is 0 Å². The molecule has 6 heteroatoms. The predicted octanol–water partition coefficient (Wildman–Crippen LogP) is 3.89. The number of alkyl halides is 2. The van der Waals surface area contributed by atoms with Crippen LogP contribution in [0.5, 0.6) is 0 Å². The van der Waals surface area contributed by atoms with Gasteiger partial charge in [0.25, 0.3) is 11.5 Å². The lowest BCUT2D eigenvalue weighted by Gasteiger charge is -2.18. The van der Waals surface area contributed by atoms with Gasteiger partial charge in [0.1, 0.15) is 0 Å². The normalized spacial score (nSPS) is 11.2. The molecule has 2 aromatic carbocycles. The number of hydrogen-bond acceptors (Lipinski definition) is 3. The van der Waals surface area contributed by atoms with Gasteiger partial charge in [0, 0.05) is 29.3 Å². The molecule has 27 heavy (non-hydrogen) atoms. The third kappa shape index (κ3) is 3.95. The van der Waals surface area contributed by atoms with E-state index in [-0.39, 0.29) is 22.2 Å². The molecule has 0 unspecified atom stereocenters. The van der Waals surface area contributed by atoms with Gasteiger partial charge in [0.15, 0.2) is 0 Å². The van der Waals surface area contributed by atoms with Crippen molar-refractivity contribution in [3.8, 4) is 0 Å². The minimum atomic E-state index is -3.27. The SMILES string of the molecule is COC(=O)c1cccc(C(F)(F)c2ccc(Cc3ccc[nH]c3=O)cc2)c1. The molecule has 0 radical (unpaired) electrons. The fraction of sp³-hybridized carbons (Fsp3) is 0.143. The Morgan fingerprint density at radius 3 is 2.44 bits per heavy atom. The topological polar surface area (TPSA) is 59.2 Å². The first-order chi connectivity index (χ1) is 12.9. The second-order valence-electron chi connectivity index (χ2n) is 6.04. The zero-order valence-corrected chi connectivity index (χ0v) is 14.5. The number of pyridine rings is 1. The molecule has 0 fully saturated rings. The van der Waals surface area contributed by atoms with Crippen LogP contribution in [0, 0.1) is 0 Å². The van der Waals surface area contributed by atoms with Gasteiger partial charge in [-0.05, 0) is 23.8 Å². The molecule has 4 nitrogen and oxygen atoms in total. The first-order valence-electron chi connectivity index (χ1n) is 8.24. The fourth-order valence-electron chi connectivity index (χ4n) is 2.77. The van der Waals surface area contributed by atoms with Crippen LogP contribution < -0.4 is 5.56 Å². The molecule has 0 spiro atoms. The van der Waals surface area contributed by atoms with Gasteiger partial charge >= 0.3 is 5.97 Å². The second-order valence-corrected chi connectivity index (χ2v) is 6.04. The Bertz CT molecular complexity index is 1010. The van der Waals surface area contributed by atoms with Crippen LogP contribution in [0.3, 0.4) is 0 Å². The molecule has 1 N–H and O–H groups in total. The summed E-state index contributed by atoms with van der Waals surface area (Å²) in [4.78, 5) is 25.9. The Morgan fingerprint density at radius 1 is 1.04 bits per heavy atom. The minimum absolute atomic E-state index is 0.0644. The van der Waals surface area contributed by atoms with E-state index < -0.39 is 11.9 Å².